The van der Waals surface area contributed by atoms with Gasteiger partial charge in [-0.2, -0.15) is 0 Å². The van der Waals surface area contributed by atoms with Crippen molar-refractivity contribution in [2.45, 2.75) is 31.7 Å². The summed E-state index contributed by atoms with van der Waals surface area (Å²) in [7, 11) is 0. The van der Waals surface area contributed by atoms with Gasteiger partial charge in [0.1, 0.15) is 6.04 Å². The molecule has 30 heavy (non-hydrogen) atoms. The fourth-order valence-corrected chi connectivity index (χ4v) is 4.83. The lowest BCUT2D eigenvalue weighted by Gasteiger charge is -2.25. The molecule has 0 aliphatic carbocycles. The summed E-state index contributed by atoms with van der Waals surface area (Å²) in [5.74, 6) is -0.360. The SMILES string of the molecule is CC(=O)N1CCCC1C(=O)NCC(c1ccc(Cl)cc1Cl)c1c[nH]c2ccccc12. The van der Waals surface area contributed by atoms with Gasteiger partial charge in [-0.1, -0.05) is 47.5 Å². The molecule has 1 aliphatic heterocycles. The predicted molar refractivity (Wildman–Crippen MR) is 120 cm³/mol. The fraction of sp³-hybridized carbons (Fsp3) is 0.304. The van der Waals surface area contributed by atoms with Gasteiger partial charge in [-0.3, -0.25) is 9.59 Å². The molecular weight excluding hydrogens is 421 g/mol. The summed E-state index contributed by atoms with van der Waals surface area (Å²) in [4.78, 5) is 29.7. The van der Waals surface area contributed by atoms with Crippen LogP contribution in [0, 0.1) is 0 Å². The third kappa shape index (κ3) is 4.05. The Hall–Kier alpha value is -2.50. The maximum atomic E-state index is 12.9. The van der Waals surface area contributed by atoms with Gasteiger partial charge in [0.2, 0.25) is 11.8 Å². The van der Waals surface area contributed by atoms with Gasteiger partial charge in [0, 0.05) is 53.1 Å². The number of carbonyl (C=O) groups is 2. The number of nitrogens with zero attached hydrogens (tertiary/aromatic N) is 1. The van der Waals surface area contributed by atoms with E-state index < -0.39 is 6.04 Å². The number of rotatable bonds is 5. The van der Waals surface area contributed by atoms with Gasteiger partial charge in [-0.15, -0.1) is 0 Å². The van der Waals surface area contributed by atoms with E-state index in [2.05, 4.69) is 10.3 Å². The van der Waals surface area contributed by atoms with E-state index in [-0.39, 0.29) is 17.7 Å². The molecule has 2 heterocycles. The highest BCUT2D eigenvalue weighted by molar-refractivity contribution is 6.35. The molecule has 5 nitrogen and oxygen atoms in total. The van der Waals surface area contributed by atoms with Crippen LogP contribution in [0.3, 0.4) is 0 Å². The number of fused-ring (bicyclic) bond motifs is 1. The standard InChI is InChI=1S/C23H23Cl2N3O2/c1-14(29)28-10-4-7-22(28)23(30)27-13-18(16-9-8-15(24)11-20(16)25)19-12-26-21-6-3-2-5-17(19)21/h2-3,5-6,8-9,11-12,18,22,26H,4,7,10,13H2,1H3,(H,27,30). The number of hydrogen-bond acceptors (Lipinski definition) is 2. The lowest BCUT2D eigenvalue weighted by molar-refractivity contribution is -0.136. The predicted octanol–water partition coefficient (Wildman–Crippen LogP) is 4.73. The van der Waals surface area contributed by atoms with Gasteiger partial charge in [-0.05, 0) is 42.2 Å². The smallest absolute Gasteiger partial charge is 0.242 e. The Morgan fingerprint density at radius 1 is 1.20 bits per heavy atom. The minimum Gasteiger partial charge on any atom is -0.361 e. The highest BCUT2D eigenvalue weighted by Gasteiger charge is 2.33. The van der Waals surface area contributed by atoms with Crippen molar-refractivity contribution in [2.75, 3.05) is 13.1 Å². The molecule has 3 aromatic rings. The van der Waals surface area contributed by atoms with Crippen molar-refractivity contribution in [3.05, 3.63) is 69.8 Å². The summed E-state index contributed by atoms with van der Waals surface area (Å²) in [6.07, 6.45) is 3.49. The number of aromatic amines is 1. The first kappa shape index (κ1) is 20.8. The van der Waals surface area contributed by atoms with Crippen molar-refractivity contribution in [3.63, 3.8) is 0 Å². The lowest BCUT2D eigenvalue weighted by Crippen LogP contribution is -2.46. The molecule has 156 valence electrons. The first-order valence-electron chi connectivity index (χ1n) is 10.0. The molecule has 7 heteroatoms. The number of hydrogen-bond donors (Lipinski definition) is 2. The van der Waals surface area contributed by atoms with Crippen LogP contribution in [0.2, 0.25) is 10.0 Å². The topological polar surface area (TPSA) is 65.2 Å². The van der Waals surface area contributed by atoms with Crippen molar-refractivity contribution < 1.29 is 9.59 Å². The normalized spacial score (nSPS) is 17.3. The summed E-state index contributed by atoms with van der Waals surface area (Å²) in [5, 5.41) is 5.26. The highest BCUT2D eigenvalue weighted by Crippen LogP contribution is 2.35. The maximum Gasteiger partial charge on any atom is 0.242 e. The molecule has 2 aromatic carbocycles. The van der Waals surface area contributed by atoms with Crippen LogP contribution in [-0.2, 0) is 9.59 Å². The number of halogens is 2. The first-order valence-corrected chi connectivity index (χ1v) is 10.8. The Labute approximate surface area is 185 Å². The van der Waals surface area contributed by atoms with Crippen molar-refractivity contribution in [3.8, 4) is 0 Å². The Morgan fingerprint density at radius 2 is 2.00 bits per heavy atom. The molecule has 0 bridgehead atoms. The zero-order valence-electron chi connectivity index (χ0n) is 16.6. The molecule has 2 unspecified atom stereocenters. The number of benzene rings is 2. The number of amides is 2. The lowest BCUT2D eigenvalue weighted by atomic mass is 9.90. The monoisotopic (exact) mass is 443 g/mol. The average Bonchev–Trinajstić information content (AvgIpc) is 3.37. The van der Waals surface area contributed by atoms with Gasteiger partial charge in [-0.25, -0.2) is 0 Å². The van der Waals surface area contributed by atoms with Crippen LogP contribution < -0.4 is 5.32 Å². The van der Waals surface area contributed by atoms with E-state index in [4.69, 9.17) is 23.2 Å². The fourth-order valence-electron chi connectivity index (χ4n) is 4.29. The van der Waals surface area contributed by atoms with Crippen molar-refractivity contribution in [1.82, 2.24) is 15.2 Å². The number of para-hydroxylation sites is 1. The molecule has 1 fully saturated rings. The van der Waals surface area contributed by atoms with E-state index in [9.17, 15) is 9.59 Å². The molecule has 2 N–H and O–H groups in total. The largest absolute Gasteiger partial charge is 0.361 e. The molecule has 0 saturated carbocycles. The van der Waals surface area contributed by atoms with E-state index >= 15 is 0 Å². The third-order valence-corrected chi connectivity index (χ3v) is 6.34. The van der Waals surface area contributed by atoms with Crippen LogP contribution in [0.15, 0.2) is 48.7 Å². The van der Waals surface area contributed by atoms with Crippen molar-refractivity contribution in [2.24, 2.45) is 0 Å². The van der Waals surface area contributed by atoms with E-state index in [0.29, 0.717) is 29.6 Å². The minimum atomic E-state index is -0.410. The van der Waals surface area contributed by atoms with Crippen LogP contribution in [0.5, 0.6) is 0 Å². The molecule has 1 saturated heterocycles. The Kier molecular flexibility index (Phi) is 6.02. The summed E-state index contributed by atoms with van der Waals surface area (Å²) >= 11 is 12.6. The number of likely N-dealkylation sites (tertiary alicyclic amines) is 1. The Morgan fingerprint density at radius 3 is 2.77 bits per heavy atom. The minimum absolute atomic E-state index is 0.0680. The molecule has 0 spiro atoms. The summed E-state index contributed by atoms with van der Waals surface area (Å²) in [6.45, 7) is 2.50. The van der Waals surface area contributed by atoms with Crippen molar-refractivity contribution >= 4 is 45.9 Å². The summed E-state index contributed by atoms with van der Waals surface area (Å²) < 4.78 is 0. The van der Waals surface area contributed by atoms with E-state index in [1.807, 2.05) is 36.5 Å². The van der Waals surface area contributed by atoms with Gasteiger partial charge in [0.15, 0.2) is 0 Å². The average molecular weight is 444 g/mol. The molecule has 1 aromatic heterocycles. The second-order valence-corrected chi connectivity index (χ2v) is 8.47. The molecular formula is C23H23Cl2N3O2. The van der Waals surface area contributed by atoms with E-state index in [1.54, 1.807) is 17.0 Å². The molecule has 0 radical (unpaired) electrons. The van der Waals surface area contributed by atoms with Crippen LogP contribution in [-0.4, -0.2) is 40.8 Å². The molecule has 2 amide bonds. The Bertz CT molecular complexity index is 1090. The summed E-state index contributed by atoms with van der Waals surface area (Å²) in [6, 6.07) is 13.0. The van der Waals surface area contributed by atoms with Gasteiger partial charge in [0.25, 0.3) is 0 Å². The highest BCUT2D eigenvalue weighted by atomic mass is 35.5. The van der Waals surface area contributed by atoms with Crippen LogP contribution >= 0.6 is 23.2 Å². The van der Waals surface area contributed by atoms with E-state index in [1.165, 1.54) is 6.92 Å². The van der Waals surface area contributed by atoms with Crippen LogP contribution in [0.25, 0.3) is 10.9 Å². The maximum absolute atomic E-state index is 12.9. The second-order valence-electron chi connectivity index (χ2n) is 7.62. The zero-order chi connectivity index (χ0) is 21.3. The number of H-pyrrole nitrogens is 1. The first-order chi connectivity index (χ1) is 14.5. The number of carbonyl (C=O) groups excluding carboxylic acids is 2. The summed E-state index contributed by atoms with van der Waals surface area (Å²) in [5.41, 5.74) is 2.96. The van der Waals surface area contributed by atoms with E-state index in [0.717, 1.165) is 28.5 Å². The number of aromatic nitrogens is 1. The third-order valence-electron chi connectivity index (χ3n) is 5.77. The molecule has 2 atom stereocenters. The number of nitrogens with one attached hydrogen (secondary N) is 2. The van der Waals surface area contributed by atoms with Crippen LogP contribution in [0.4, 0.5) is 0 Å². The van der Waals surface area contributed by atoms with Crippen molar-refractivity contribution in [1.29, 1.82) is 0 Å². The van der Waals surface area contributed by atoms with Gasteiger partial charge >= 0.3 is 0 Å². The molecule has 1 aliphatic rings. The van der Waals surface area contributed by atoms with Gasteiger partial charge in [0.05, 0.1) is 0 Å². The van der Waals surface area contributed by atoms with Gasteiger partial charge < -0.3 is 15.2 Å². The Balaban J connectivity index is 1.64. The molecule has 4 rings (SSSR count). The second kappa shape index (κ2) is 8.70. The van der Waals surface area contributed by atoms with Crippen LogP contribution in [0.1, 0.15) is 36.8 Å². The quantitative estimate of drug-likeness (QED) is 0.598. The zero-order valence-corrected chi connectivity index (χ0v) is 18.1.